The van der Waals surface area contributed by atoms with E-state index in [1.807, 2.05) is 0 Å². The SMILES string of the molecule is COP(=O)([S-])OC1C[C@H](n2cnc3c(N)ncnc32)O[C@@H]1COP([O-])(=S)OC1C[C@H](n2cc(C)c(=O)[nH]c2=O)O[C@@H]1COP([O-])(=S)OC1C[C@H](n2cc(C)c(=O)[nH]c2=O)O[C@@H]1COP([O-])(=S)OC1C[C@H](n2cnc3c(N)ncnc32)O[C@@H]1COP([O-])(=S)OC1C[C@H](n2cc(C)c(N)nc2=O)O[C@@H]1COP([O-])(=S)OC1C[C@H](n2cc(C)c(N)nc2=O)O[C@@H]1COP([O-])(=S)OC1C[C@H](n2cc(C)c(N)nc2=O)O[C@@H]1C. The Morgan fingerprint density at radius 3 is 0.895 bits per heavy atom. The number of nitrogens with two attached hydrogens (primary N) is 5. The third kappa shape index (κ3) is 25.9. The Labute approximate surface area is 841 Å². The van der Waals surface area contributed by atoms with E-state index in [9.17, 15) is 62.6 Å². The van der Waals surface area contributed by atoms with Crippen LogP contribution in [0.5, 0.6) is 0 Å². The first-order chi connectivity index (χ1) is 67.2. The Morgan fingerprint density at radius 2 is 0.608 bits per heavy atom. The number of hydrogen-bond donors (Lipinski definition) is 7. The number of fused-ring (bicyclic) bond motifs is 2. The van der Waals surface area contributed by atoms with E-state index in [0.29, 0.717) is 16.7 Å². The van der Waals surface area contributed by atoms with Crippen molar-refractivity contribution in [3.05, 3.63) is 157 Å². The van der Waals surface area contributed by atoms with Crippen LogP contribution in [0.15, 0.2) is 89.9 Å². The average molecular weight is 2270 g/mol. The Balaban J connectivity index is 0.604. The van der Waals surface area contributed by atoms with Gasteiger partial charge in [0.15, 0.2) is 29.7 Å². The molecule has 782 valence electrons. The van der Waals surface area contributed by atoms with Gasteiger partial charge in [0.05, 0.1) is 101 Å². The van der Waals surface area contributed by atoms with Crippen molar-refractivity contribution in [1.82, 2.24) is 86.8 Å². The van der Waals surface area contributed by atoms with Crippen molar-refractivity contribution in [2.45, 2.75) is 216 Å². The summed E-state index contributed by atoms with van der Waals surface area (Å²) in [5.74, 6) is -0.247. The fourth-order valence-electron chi connectivity index (χ4n) is 16.4. The lowest BCUT2D eigenvalue weighted by Crippen LogP contribution is -2.35. The molecular formula is C71H89N23O35P7S7-7. The molecule has 16 rings (SSSR count). The lowest BCUT2D eigenvalue weighted by molar-refractivity contribution is -0.222. The molecule has 143 heavy (non-hydrogen) atoms. The summed E-state index contributed by atoms with van der Waals surface area (Å²) in [6.07, 6.45) is -19.3. The largest absolute Gasteiger partial charge is 0.780 e. The fourth-order valence-corrected chi connectivity index (χ4v) is 26.1. The van der Waals surface area contributed by atoms with Gasteiger partial charge in [-0.15, -0.1) is 0 Å². The van der Waals surface area contributed by atoms with Crippen LogP contribution >= 0.6 is 47.1 Å². The number of hydrogen-bond acceptors (Lipinski definition) is 56. The quantitative estimate of drug-likeness (QED) is 0.0156. The highest BCUT2D eigenvalue weighted by atomic mass is 32.7. The fraction of sp³-hybridized carbons (Fsp3) is 0.577. The monoisotopic (exact) mass is 2260 g/mol. The predicted octanol–water partition coefficient (Wildman–Crippen LogP) is -2.37. The standard InChI is InChI=1S/C71H96N23O35P7S7/c1-30-15-88(67(97)83-58(30)72)49-8-36(35(6)116-49)123-131(103,138)110-21-44-38(9-50(117-44)89-16-31(2)59(73)84-68(89)98)125-133(105,140)112-22-45-39(10-51(118-45)90-17-32(3)60(74)85-69(90)99)126-135(107,142)115-25-48-42(14-55(122-48)94-29-82-57-62(76)78-27-80-64(57)94)129-136(108,143)114-24-47-41(12-53(120-47)92-19-34(5)66(96)87-71(92)101)128-134(106,141)113-23-46-40(11-52(119-46)91-18-33(4)65(95)86-70(91)100)127-132(104,139)111-20-43-37(124-130(102,137)109-7)13-54(121-43)93-28-81-56-61(75)77-26-79-63(56)93/h15-19,26-29,35-55H,8-14,20-25H2,1-7H3,(H,102,137)(H,103,138)(H,104,139)(H,105,140)(H,106,141)(H,107,142)(H,108,143)(H2,72,83,97)(H2,73,84,98)(H2,74,85,99)(H2,75,77,79)(H2,76,78,80)(H,86,95,100)(H,87,96,101)/p-7/t35-,36?,37?,38?,39?,40?,41?,42?,43-,44-,45-,46-,47-,48-,49-,50-,51-,52-,53-,54-,55-,130?,131?,132?,133?,134?,135?,136?/m1/s1. The molecule has 72 heteroatoms. The van der Waals surface area contributed by atoms with Crippen molar-refractivity contribution in [3.63, 3.8) is 0 Å². The van der Waals surface area contributed by atoms with Crippen LogP contribution < -0.4 is 97.6 Å². The lowest BCUT2D eigenvalue weighted by Gasteiger charge is -2.37. The average Bonchev–Trinajstić information content (AvgIpc) is 1.63. The molecule has 16 heterocycles. The minimum atomic E-state index is -5.03. The van der Waals surface area contributed by atoms with Crippen molar-refractivity contribution >= 4 is 182 Å². The molecule has 12 N–H and O–H groups in total. The summed E-state index contributed by atoms with van der Waals surface area (Å²) in [6.45, 7) is -29.5. The highest BCUT2D eigenvalue weighted by Gasteiger charge is 2.49. The molecule has 7 fully saturated rings. The Kier molecular flexibility index (Phi) is 33.5. The Hall–Kier alpha value is -6.50. The second-order valence-corrected chi connectivity index (χ2v) is 52.5. The molecule has 0 radical (unpaired) electrons. The maximum atomic E-state index is 15.0. The number of ether oxygens (including phenoxy) is 7. The molecule has 9 aromatic rings. The number of aryl methyl sites for hydroxylation is 5. The van der Waals surface area contributed by atoms with Gasteiger partial charge in [-0.1, -0.05) is 70.8 Å². The third-order valence-corrected chi connectivity index (χ3v) is 34.7. The van der Waals surface area contributed by atoms with Crippen molar-refractivity contribution < 1.29 is 130 Å². The smallest absolute Gasteiger partial charge is 0.351 e. The molecule has 0 amide bonds. The number of nitrogens with zero attached hydrogens (tertiary/aromatic N) is 16. The maximum Gasteiger partial charge on any atom is 0.351 e. The van der Waals surface area contributed by atoms with E-state index in [4.69, 9.17) is 208 Å². The van der Waals surface area contributed by atoms with Crippen LogP contribution in [-0.4, -0.2) is 219 Å². The summed E-state index contributed by atoms with van der Waals surface area (Å²) < 4.78 is 146. The normalized spacial score (nSPS) is 29.8. The maximum absolute atomic E-state index is 15.0. The highest BCUT2D eigenvalue weighted by molar-refractivity contribution is 8.32. The number of rotatable bonds is 40. The molecule has 58 nitrogen and oxygen atoms in total. The molecule has 0 aliphatic carbocycles. The van der Waals surface area contributed by atoms with Crippen LogP contribution in [0.1, 0.15) is 123 Å². The van der Waals surface area contributed by atoms with Gasteiger partial charge in [0.1, 0.15) is 162 Å². The zero-order valence-corrected chi connectivity index (χ0v) is 87.3. The molecular weight excluding hydrogens is 2180 g/mol. The van der Waals surface area contributed by atoms with Crippen molar-refractivity contribution in [3.8, 4) is 0 Å². The summed E-state index contributed by atoms with van der Waals surface area (Å²) >= 11 is 37.9. The second kappa shape index (κ2) is 43.8. The Morgan fingerprint density at radius 1 is 0.364 bits per heavy atom. The summed E-state index contributed by atoms with van der Waals surface area (Å²) in [5, 5.41) is 0. The highest BCUT2D eigenvalue weighted by Crippen LogP contribution is 2.57. The topological polar surface area (TPSA) is 781 Å². The third-order valence-electron chi connectivity index (χ3n) is 23.6. The van der Waals surface area contributed by atoms with E-state index in [1.54, 1.807) is 20.8 Å². The summed E-state index contributed by atoms with van der Waals surface area (Å²) in [6, 6.07) is 0. The second-order valence-electron chi connectivity index (χ2n) is 33.4. The summed E-state index contributed by atoms with van der Waals surface area (Å²) in [4.78, 5) is 221. The van der Waals surface area contributed by atoms with Crippen LogP contribution in [-0.2, 0) is 184 Å². The van der Waals surface area contributed by atoms with E-state index >= 15 is 4.89 Å². The number of imidazole rings is 2. The number of nitrogen functional groups attached to an aromatic ring is 5. The van der Waals surface area contributed by atoms with E-state index < -0.39 is 275 Å². The van der Waals surface area contributed by atoms with Crippen LogP contribution in [0.2, 0.25) is 0 Å². The molecule has 0 saturated carbocycles. The van der Waals surface area contributed by atoms with Gasteiger partial charge in [-0.2, -0.15) is 15.0 Å². The molecule has 0 aromatic carbocycles. The van der Waals surface area contributed by atoms with Crippen LogP contribution in [0.4, 0.5) is 29.1 Å². The van der Waals surface area contributed by atoms with Crippen LogP contribution in [0.25, 0.3) is 22.3 Å². The van der Waals surface area contributed by atoms with E-state index in [-0.39, 0.29) is 88.2 Å². The van der Waals surface area contributed by atoms with E-state index in [0.717, 1.165) is 44.1 Å². The van der Waals surface area contributed by atoms with Crippen LogP contribution in [0, 0.1) is 34.6 Å². The molecule has 7 aliphatic heterocycles. The van der Waals surface area contributed by atoms with Gasteiger partial charge >= 0.3 is 28.4 Å². The Bertz CT molecular complexity index is 7160. The molecule has 0 spiro atoms. The molecule has 0 bridgehead atoms. The van der Waals surface area contributed by atoms with Crippen molar-refractivity contribution in [2.24, 2.45) is 0 Å². The predicted molar refractivity (Wildman–Crippen MR) is 507 cm³/mol. The minimum absolute atomic E-state index is 0.00510. The summed E-state index contributed by atoms with van der Waals surface area (Å²) in [7, 11) is 1.06. The molecule has 9 aromatic heterocycles. The van der Waals surface area contributed by atoms with Gasteiger partial charge in [-0.25, -0.2) is 53.9 Å². The van der Waals surface area contributed by atoms with Gasteiger partial charge in [0.25, 0.3) is 11.1 Å². The van der Waals surface area contributed by atoms with Gasteiger partial charge in [0.2, 0.25) is 0 Å². The zero-order valence-electron chi connectivity index (χ0n) is 75.3. The summed E-state index contributed by atoms with van der Waals surface area (Å²) in [5.41, 5.74) is 25.8. The molecule has 14 unspecified atom stereocenters. The first kappa shape index (κ1) is 109. The van der Waals surface area contributed by atoms with Gasteiger partial charge in [-0.3, -0.25) is 56.1 Å². The number of anilines is 5. The number of aromatic amines is 2. The van der Waals surface area contributed by atoms with Gasteiger partial charge < -0.3 is 167 Å². The first-order valence-corrected chi connectivity index (χ1v) is 60.6. The number of nitrogens with one attached hydrogen (secondary N) is 2. The molecule has 7 aliphatic rings. The van der Waals surface area contributed by atoms with Crippen molar-refractivity contribution in [2.75, 3.05) is 75.4 Å². The van der Waals surface area contributed by atoms with Gasteiger partial charge in [-0.05, 0) is 41.5 Å². The van der Waals surface area contributed by atoms with E-state index in [2.05, 4.69) is 54.8 Å². The first-order valence-electron chi connectivity index (χ1n) is 42.8. The lowest BCUT2D eigenvalue weighted by atomic mass is 10.2. The van der Waals surface area contributed by atoms with Gasteiger partial charge in [0, 0.05) is 111 Å². The van der Waals surface area contributed by atoms with E-state index in [1.165, 1.54) is 72.0 Å². The number of aromatic nitrogens is 18. The zero-order chi connectivity index (χ0) is 103. The molecule has 28 atom stereocenters. The van der Waals surface area contributed by atoms with Crippen LogP contribution in [0.3, 0.4) is 0 Å². The number of H-pyrrole nitrogens is 2. The van der Waals surface area contributed by atoms with Crippen molar-refractivity contribution in [1.29, 1.82) is 0 Å². The minimum Gasteiger partial charge on any atom is -0.780 e. The molecule has 7 saturated heterocycles.